The number of hydrogen-bond donors (Lipinski definition) is 1. The topological polar surface area (TPSA) is 41.1 Å². The van der Waals surface area contributed by atoms with Gasteiger partial charge in [-0.3, -0.25) is 0 Å². The van der Waals surface area contributed by atoms with E-state index < -0.39 is 0 Å². The van der Waals surface area contributed by atoms with Crippen molar-refractivity contribution in [2.24, 2.45) is 0 Å². The van der Waals surface area contributed by atoms with Gasteiger partial charge in [-0.25, -0.2) is 9.97 Å². The third-order valence-corrected chi connectivity index (χ3v) is 4.90. The number of piperazine rings is 1. The SMILES string of the molecule is Cc1cc2c(-c3ccccc3)nc(N3CCNCC3)nc2s1. The summed E-state index contributed by atoms with van der Waals surface area (Å²) in [4.78, 5) is 14.3. The molecule has 0 bridgehead atoms. The second kappa shape index (κ2) is 5.66. The Morgan fingerprint density at radius 3 is 2.64 bits per heavy atom. The van der Waals surface area contributed by atoms with E-state index in [0.29, 0.717) is 0 Å². The summed E-state index contributed by atoms with van der Waals surface area (Å²) in [5.41, 5.74) is 2.20. The monoisotopic (exact) mass is 310 g/mol. The molecule has 2 aromatic heterocycles. The van der Waals surface area contributed by atoms with E-state index in [2.05, 4.69) is 47.5 Å². The fourth-order valence-electron chi connectivity index (χ4n) is 2.85. The molecule has 0 saturated carbocycles. The lowest BCUT2D eigenvalue weighted by molar-refractivity contribution is 0.581. The summed E-state index contributed by atoms with van der Waals surface area (Å²) >= 11 is 1.75. The first-order chi connectivity index (χ1) is 10.8. The van der Waals surface area contributed by atoms with E-state index in [9.17, 15) is 0 Å². The fraction of sp³-hybridized carbons (Fsp3) is 0.294. The van der Waals surface area contributed by atoms with Crippen molar-refractivity contribution >= 4 is 27.5 Å². The van der Waals surface area contributed by atoms with Crippen LogP contribution in [-0.4, -0.2) is 36.1 Å². The molecule has 22 heavy (non-hydrogen) atoms. The Labute approximate surface area is 133 Å². The molecule has 5 heteroatoms. The fourth-order valence-corrected chi connectivity index (χ4v) is 3.73. The first-order valence-electron chi connectivity index (χ1n) is 7.60. The quantitative estimate of drug-likeness (QED) is 0.790. The van der Waals surface area contributed by atoms with Crippen molar-refractivity contribution in [3.05, 3.63) is 41.3 Å². The maximum Gasteiger partial charge on any atom is 0.227 e. The first kappa shape index (κ1) is 13.7. The third-order valence-electron chi connectivity index (χ3n) is 3.95. The van der Waals surface area contributed by atoms with Crippen LogP contribution in [-0.2, 0) is 0 Å². The van der Waals surface area contributed by atoms with Crippen LogP contribution in [0.5, 0.6) is 0 Å². The van der Waals surface area contributed by atoms with Crippen molar-refractivity contribution < 1.29 is 0 Å². The van der Waals surface area contributed by atoms with Crippen LogP contribution in [0.25, 0.3) is 21.5 Å². The van der Waals surface area contributed by atoms with Gasteiger partial charge in [-0.15, -0.1) is 11.3 Å². The largest absolute Gasteiger partial charge is 0.338 e. The van der Waals surface area contributed by atoms with E-state index in [1.54, 1.807) is 11.3 Å². The summed E-state index contributed by atoms with van der Waals surface area (Å²) in [6.45, 7) is 6.04. The first-order valence-corrected chi connectivity index (χ1v) is 8.42. The number of nitrogens with one attached hydrogen (secondary N) is 1. The summed E-state index contributed by atoms with van der Waals surface area (Å²) < 4.78 is 0. The van der Waals surface area contributed by atoms with E-state index in [1.807, 2.05) is 6.07 Å². The van der Waals surface area contributed by atoms with E-state index >= 15 is 0 Å². The van der Waals surface area contributed by atoms with Crippen LogP contribution in [0.1, 0.15) is 4.88 Å². The highest BCUT2D eigenvalue weighted by atomic mass is 32.1. The van der Waals surface area contributed by atoms with Crippen molar-refractivity contribution in [1.82, 2.24) is 15.3 Å². The van der Waals surface area contributed by atoms with Crippen LogP contribution < -0.4 is 10.2 Å². The van der Waals surface area contributed by atoms with Gasteiger partial charge in [0, 0.05) is 42.0 Å². The predicted molar refractivity (Wildman–Crippen MR) is 92.7 cm³/mol. The molecule has 3 heterocycles. The number of aryl methyl sites for hydroxylation is 1. The van der Waals surface area contributed by atoms with Crippen molar-refractivity contribution in [3.8, 4) is 11.3 Å². The Bertz CT molecular complexity index is 791. The molecule has 4 rings (SSSR count). The highest BCUT2D eigenvalue weighted by Gasteiger charge is 2.17. The van der Waals surface area contributed by atoms with E-state index in [4.69, 9.17) is 9.97 Å². The number of thiophene rings is 1. The van der Waals surface area contributed by atoms with Gasteiger partial charge in [0.2, 0.25) is 5.95 Å². The van der Waals surface area contributed by atoms with Gasteiger partial charge in [0.05, 0.1) is 5.69 Å². The van der Waals surface area contributed by atoms with Gasteiger partial charge in [-0.1, -0.05) is 30.3 Å². The van der Waals surface area contributed by atoms with Crippen LogP contribution in [0, 0.1) is 6.92 Å². The number of fused-ring (bicyclic) bond motifs is 1. The van der Waals surface area contributed by atoms with Gasteiger partial charge >= 0.3 is 0 Å². The standard InChI is InChI=1S/C17H18N4S/c1-12-11-14-15(13-5-3-2-4-6-13)19-17(20-16(14)22-12)21-9-7-18-8-10-21/h2-6,11,18H,7-10H2,1H3. The summed E-state index contributed by atoms with van der Waals surface area (Å²) in [5, 5.41) is 4.54. The van der Waals surface area contributed by atoms with Gasteiger partial charge < -0.3 is 10.2 Å². The zero-order chi connectivity index (χ0) is 14.9. The third kappa shape index (κ3) is 2.46. The molecule has 1 aliphatic rings. The van der Waals surface area contributed by atoms with E-state index in [-0.39, 0.29) is 0 Å². The average Bonchev–Trinajstić information content (AvgIpc) is 2.95. The molecular formula is C17H18N4S. The zero-order valence-electron chi connectivity index (χ0n) is 12.5. The van der Waals surface area contributed by atoms with Crippen LogP contribution in [0.2, 0.25) is 0 Å². The number of hydrogen-bond acceptors (Lipinski definition) is 5. The summed E-state index contributed by atoms with van der Waals surface area (Å²) in [6, 6.07) is 12.6. The van der Waals surface area contributed by atoms with Crippen LogP contribution in [0.4, 0.5) is 5.95 Å². The van der Waals surface area contributed by atoms with E-state index in [1.165, 1.54) is 4.88 Å². The Kier molecular flexibility index (Phi) is 3.52. The minimum Gasteiger partial charge on any atom is -0.338 e. The minimum atomic E-state index is 0.856. The lowest BCUT2D eigenvalue weighted by Crippen LogP contribution is -2.44. The molecule has 0 atom stereocenters. The number of anilines is 1. The molecule has 112 valence electrons. The maximum atomic E-state index is 4.90. The Hall–Kier alpha value is -1.98. The average molecular weight is 310 g/mol. The van der Waals surface area contributed by atoms with Crippen LogP contribution >= 0.6 is 11.3 Å². The Balaban J connectivity index is 1.89. The Morgan fingerprint density at radius 1 is 1.09 bits per heavy atom. The van der Waals surface area contributed by atoms with Crippen molar-refractivity contribution in [3.63, 3.8) is 0 Å². The number of benzene rings is 1. The number of aromatic nitrogens is 2. The molecule has 0 aliphatic carbocycles. The molecule has 1 fully saturated rings. The van der Waals surface area contributed by atoms with Crippen LogP contribution in [0.3, 0.4) is 0 Å². The highest BCUT2D eigenvalue weighted by Crippen LogP contribution is 2.33. The molecule has 3 aromatic rings. The Morgan fingerprint density at radius 2 is 1.86 bits per heavy atom. The predicted octanol–water partition coefficient (Wildman–Crippen LogP) is 3.08. The highest BCUT2D eigenvalue weighted by molar-refractivity contribution is 7.18. The summed E-state index contributed by atoms with van der Waals surface area (Å²) in [5.74, 6) is 0.856. The molecule has 1 N–H and O–H groups in total. The minimum absolute atomic E-state index is 0.856. The maximum absolute atomic E-state index is 4.90. The van der Waals surface area contributed by atoms with E-state index in [0.717, 1.165) is 53.6 Å². The van der Waals surface area contributed by atoms with Gasteiger partial charge in [-0.2, -0.15) is 0 Å². The van der Waals surface area contributed by atoms with Crippen molar-refractivity contribution in [1.29, 1.82) is 0 Å². The van der Waals surface area contributed by atoms with Crippen LogP contribution in [0.15, 0.2) is 36.4 Å². The van der Waals surface area contributed by atoms with Gasteiger partial charge in [-0.05, 0) is 13.0 Å². The molecule has 0 amide bonds. The molecule has 1 saturated heterocycles. The smallest absolute Gasteiger partial charge is 0.227 e. The van der Waals surface area contributed by atoms with Gasteiger partial charge in [0.15, 0.2) is 0 Å². The van der Waals surface area contributed by atoms with Crippen molar-refractivity contribution in [2.45, 2.75) is 6.92 Å². The number of rotatable bonds is 2. The lowest BCUT2D eigenvalue weighted by atomic mass is 10.1. The number of nitrogens with zero attached hydrogens (tertiary/aromatic N) is 3. The molecule has 4 nitrogen and oxygen atoms in total. The molecule has 0 spiro atoms. The zero-order valence-corrected chi connectivity index (χ0v) is 13.4. The second-order valence-corrected chi connectivity index (χ2v) is 6.79. The summed E-state index contributed by atoms with van der Waals surface area (Å²) in [7, 11) is 0. The molecule has 1 aliphatic heterocycles. The molecular weight excluding hydrogens is 292 g/mol. The second-order valence-electron chi connectivity index (χ2n) is 5.55. The molecule has 0 unspecified atom stereocenters. The van der Waals surface area contributed by atoms with Crippen molar-refractivity contribution in [2.75, 3.05) is 31.1 Å². The van der Waals surface area contributed by atoms with Gasteiger partial charge in [0.25, 0.3) is 0 Å². The lowest BCUT2D eigenvalue weighted by Gasteiger charge is -2.27. The van der Waals surface area contributed by atoms with Gasteiger partial charge in [0.1, 0.15) is 4.83 Å². The summed E-state index contributed by atoms with van der Waals surface area (Å²) in [6.07, 6.45) is 0. The normalized spacial score (nSPS) is 15.4. The molecule has 0 radical (unpaired) electrons. The molecule has 1 aromatic carbocycles.